The highest BCUT2D eigenvalue weighted by molar-refractivity contribution is 5.40. The lowest BCUT2D eigenvalue weighted by Gasteiger charge is -2.47. The summed E-state index contributed by atoms with van der Waals surface area (Å²) in [7, 11) is 0. The highest BCUT2D eigenvalue weighted by atomic mass is 16.7. The average Bonchev–Trinajstić information content (AvgIpc) is 2.62. The molecule has 1 aromatic rings. The first-order valence-electron chi connectivity index (χ1n) is 10.6. The molecule has 142 valence electrons. The molecule has 26 heavy (non-hydrogen) atoms. The number of aliphatic hydroxyl groups is 1. The van der Waals surface area contributed by atoms with Gasteiger partial charge in [0, 0.05) is 37.5 Å². The highest BCUT2D eigenvalue weighted by Crippen LogP contribution is 2.42. The van der Waals surface area contributed by atoms with Gasteiger partial charge in [-0.15, -0.1) is 0 Å². The van der Waals surface area contributed by atoms with Gasteiger partial charge in [-0.2, -0.15) is 0 Å². The Hall–Kier alpha value is -1.10. The molecular formula is C22H31NO3. The van der Waals surface area contributed by atoms with Gasteiger partial charge in [-0.3, -0.25) is 4.90 Å². The van der Waals surface area contributed by atoms with E-state index in [1.54, 1.807) is 0 Å². The van der Waals surface area contributed by atoms with Gasteiger partial charge in [-0.05, 0) is 43.4 Å². The zero-order valence-corrected chi connectivity index (χ0v) is 15.7. The minimum atomic E-state index is -0.656. The fourth-order valence-electron chi connectivity index (χ4n) is 5.17. The number of piperidine rings is 1. The van der Waals surface area contributed by atoms with Crippen molar-refractivity contribution in [3.63, 3.8) is 0 Å². The van der Waals surface area contributed by atoms with Crippen LogP contribution in [0, 0.1) is 0 Å². The van der Waals surface area contributed by atoms with Crippen LogP contribution in [0.25, 0.3) is 0 Å². The van der Waals surface area contributed by atoms with Gasteiger partial charge in [0.1, 0.15) is 5.75 Å². The van der Waals surface area contributed by atoms with Gasteiger partial charge in [-0.25, -0.2) is 0 Å². The molecule has 4 nitrogen and oxygen atoms in total. The lowest BCUT2D eigenvalue weighted by atomic mass is 9.79. The Morgan fingerprint density at radius 2 is 1.73 bits per heavy atom. The normalized spacial score (nSPS) is 28.2. The van der Waals surface area contributed by atoms with Crippen molar-refractivity contribution >= 4 is 0 Å². The third-order valence-corrected chi connectivity index (χ3v) is 7.22. The summed E-state index contributed by atoms with van der Waals surface area (Å²) >= 11 is 0. The van der Waals surface area contributed by atoms with Crippen LogP contribution in [0.5, 0.6) is 5.75 Å². The van der Waals surface area contributed by atoms with Crippen LogP contribution < -0.4 is 4.74 Å². The van der Waals surface area contributed by atoms with Crippen molar-refractivity contribution in [3.05, 3.63) is 29.3 Å². The SMILES string of the molecule is OC1(c2ccc3c(c2)COC2(CCN(C4CCC4)CC2)O3)CCCCC1. The van der Waals surface area contributed by atoms with Gasteiger partial charge < -0.3 is 14.6 Å². The maximum absolute atomic E-state index is 11.0. The Balaban J connectivity index is 1.29. The molecule has 0 bridgehead atoms. The van der Waals surface area contributed by atoms with E-state index in [0.717, 1.165) is 74.5 Å². The highest BCUT2D eigenvalue weighted by Gasteiger charge is 2.43. The van der Waals surface area contributed by atoms with Gasteiger partial charge >= 0.3 is 0 Å². The number of fused-ring (bicyclic) bond motifs is 1. The van der Waals surface area contributed by atoms with Crippen molar-refractivity contribution in [3.8, 4) is 5.75 Å². The molecule has 0 aromatic heterocycles. The van der Waals surface area contributed by atoms with Gasteiger partial charge in [-0.1, -0.05) is 31.7 Å². The van der Waals surface area contributed by atoms with Crippen molar-refractivity contribution in [1.82, 2.24) is 4.90 Å². The minimum absolute atomic E-state index is 0.434. The van der Waals surface area contributed by atoms with Crippen LogP contribution >= 0.6 is 0 Å². The number of rotatable bonds is 2. The molecule has 2 heterocycles. The Morgan fingerprint density at radius 1 is 0.962 bits per heavy atom. The lowest BCUT2D eigenvalue weighted by molar-refractivity contribution is -0.231. The lowest BCUT2D eigenvalue weighted by Crippen LogP contribution is -2.54. The fourth-order valence-corrected chi connectivity index (χ4v) is 5.17. The molecule has 0 radical (unpaired) electrons. The molecule has 4 aliphatic rings. The smallest absolute Gasteiger partial charge is 0.213 e. The molecule has 5 rings (SSSR count). The number of hydrogen-bond acceptors (Lipinski definition) is 4. The third-order valence-electron chi connectivity index (χ3n) is 7.22. The van der Waals surface area contributed by atoms with Gasteiger partial charge in [0.15, 0.2) is 0 Å². The minimum Gasteiger partial charge on any atom is -0.462 e. The van der Waals surface area contributed by atoms with E-state index in [9.17, 15) is 5.11 Å². The molecule has 2 aliphatic carbocycles. The summed E-state index contributed by atoms with van der Waals surface area (Å²) in [5.41, 5.74) is 1.48. The summed E-state index contributed by atoms with van der Waals surface area (Å²) in [6.45, 7) is 2.76. The fraction of sp³-hybridized carbons (Fsp3) is 0.727. The Bertz CT molecular complexity index is 655. The van der Waals surface area contributed by atoms with Gasteiger partial charge in [0.2, 0.25) is 5.79 Å². The number of nitrogens with zero attached hydrogens (tertiary/aromatic N) is 1. The van der Waals surface area contributed by atoms with Crippen LogP contribution in [0.4, 0.5) is 0 Å². The van der Waals surface area contributed by atoms with Crippen molar-refractivity contribution in [2.45, 2.75) is 88.2 Å². The zero-order valence-electron chi connectivity index (χ0n) is 15.7. The van der Waals surface area contributed by atoms with E-state index < -0.39 is 11.4 Å². The molecule has 1 spiro atoms. The average molecular weight is 357 g/mol. The Labute approximate surface area is 156 Å². The maximum atomic E-state index is 11.0. The van der Waals surface area contributed by atoms with Crippen LogP contribution in [-0.4, -0.2) is 34.9 Å². The second kappa shape index (κ2) is 6.50. The summed E-state index contributed by atoms with van der Waals surface area (Å²) in [5.74, 6) is 0.521. The van der Waals surface area contributed by atoms with E-state index in [4.69, 9.17) is 9.47 Å². The third kappa shape index (κ3) is 2.96. The monoisotopic (exact) mass is 357 g/mol. The largest absolute Gasteiger partial charge is 0.462 e. The van der Waals surface area contributed by atoms with E-state index >= 15 is 0 Å². The molecule has 4 heteroatoms. The van der Waals surface area contributed by atoms with Crippen LogP contribution in [0.3, 0.4) is 0 Å². The quantitative estimate of drug-likeness (QED) is 0.865. The van der Waals surface area contributed by atoms with E-state index in [-0.39, 0.29) is 0 Å². The molecule has 0 amide bonds. The van der Waals surface area contributed by atoms with Crippen LogP contribution in [0.2, 0.25) is 0 Å². The molecule has 2 saturated carbocycles. The molecule has 3 fully saturated rings. The van der Waals surface area contributed by atoms with Crippen LogP contribution in [-0.2, 0) is 16.9 Å². The first-order chi connectivity index (χ1) is 12.7. The van der Waals surface area contributed by atoms with Gasteiger partial charge in [0.05, 0.1) is 12.2 Å². The first-order valence-corrected chi connectivity index (χ1v) is 10.6. The molecule has 1 aromatic carbocycles. The standard InChI is InChI=1S/C22H31NO3/c24-21(9-2-1-3-10-21)18-7-8-20-17(15-18)16-25-22(26-20)11-13-23(14-12-22)19-5-4-6-19/h7-8,15,19,24H,1-6,9-14,16H2. The number of benzene rings is 1. The maximum Gasteiger partial charge on any atom is 0.213 e. The van der Waals surface area contributed by atoms with Crippen LogP contribution in [0.1, 0.15) is 75.3 Å². The van der Waals surface area contributed by atoms with Crippen molar-refractivity contribution < 1.29 is 14.6 Å². The first kappa shape index (κ1) is 17.0. The molecule has 0 unspecified atom stereocenters. The summed E-state index contributed by atoms with van der Waals surface area (Å²) < 4.78 is 12.6. The predicted molar refractivity (Wildman–Crippen MR) is 100 cm³/mol. The number of likely N-dealkylation sites (tertiary alicyclic amines) is 1. The summed E-state index contributed by atoms with van der Waals surface area (Å²) in [6, 6.07) is 7.07. The zero-order chi connectivity index (χ0) is 17.6. The molecule has 2 aliphatic heterocycles. The summed E-state index contributed by atoms with van der Waals surface area (Å²) in [4.78, 5) is 2.62. The van der Waals surface area contributed by atoms with E-state index in [1.165, 1.54) is 25.7 Å². The predicted octanol–water partition coefficient (Wildman–Crippen LogP) is 4.09. The second-order valence-corrected chi connectivity index (χ2v) is 8.84. The number of hydrogen-bond donors (Lipinski definition) is 1. The number of ether oxygens (including phenoxy) is 2. The van der Waals surface area contributed by atoms with Crippen molar-refractivity contribution in [2.24, 2.45) is 0 Å². The van der Waals surface area contributed by atoms with Crippen LogP contribution in [0.15, 0.2) is 18.2 Å². The molecule has 0 atom stereocenters. The molecular weight excluding hydrogens is 326 g/mol. The second-order valence-electron chi connectivity index (χ2n) is 8.84. The molecule has 1 saturated heterocycles. The Kier molecular flexibility index (Phi) is 4.26. The topological polar surface area (TPSA) is 41.9 Å². The Morgan fingerprint density at radius 3 is 2.42 bits per heavy atom. The van der Waals surface area contributed by atoms with E-state index in [1.807, 2.05) is 0 Å². The van der Waals surface area contributed by atoms with E-state index in [0.29, 0.717) is 6.61 Å². The summed E-state index contributed by atoms with van der Waals surface area (Å²) in [5, 5.41) is 11.0. The van der Waals surface area contributed by atoms with Crippen molar-refractivity contribution in [1.29, 1.82) is 0 Å². The molecule has 1 N–H and O–H groups in total. The summed E-state index contributed by atoms with van der Waals surface area (Å²) in [6.07, 6.45) is 11.2. The van der Waals surface area contributed by atoms with Gasteiger partial charge in [0.25, 0.3) is 0 Å². The van der Waals surface area contributed by atoms with E-state index in [2.05, 4.69) is 23.1 Å². The van der Waals surface area contributed by atoms with Crippen molar-refractivity contribution in [2.75, 3.05) is 13.1 Å².